The minimum Gasteiger partial charge on any atom is -0.483 e. The summed E-state index contributed by atoms with van der Waals surface area (Å²) in [6, 6.07) is 6.15. The topological polar surface area (TPSA) is 98.4 Å². The smallest absolute Gasteiger partial charge is 0.416 e. The number of benzene rings is 1. The summed E-state index contributed by atoms with van der Waals surface area (Å²) in [5, 5.41) is 12.2. The van der Waals surface area contributed by atoms with Crippen LogP contribution in [-0.2, 0) is 12.7 Å². The van der Waals surface area contributed by atoms with Crippen LogP contribution in [0.1, 0.15) is 41.2 Å². The van der Waals surface area contributed by atoms with E-state index in [1.807, 2.05) is 0 Å². The van der Waals surface area contributed by atoms with E-state index in [1.165, 1.54) is 29.1 Å². The average Bonchev–Trinajstić information content (AvgIpc) is 3.22. The highest BCUT2D eigenvalue weighted by Gasteiger charge is 2.34. The lowest BCUT2D eigenvalue weighted by atomic mass is 9.93. The van der Waals surface area contributed by atoms with E-state index in [-0.39, 0.29) is 42.4 Å². The number of amides is 1. The van der Waals surface area contributed by atoms with Crippen molar-refractivity contribution in [1.82, 2.24) is 19.4 Å². The van der Waals surface area contributed by atoms with Crippen molar-refractivity contribution in [2.24, 2.45) is 0 Å². The Morgan fingerprint density at radius 2 is 1.97 bits per heavy atom. The number of fused-ring (bicyclic) bond motifs is 1. The molecule has 8 nitrogen and oxygen atoms in total. The number of carbonyl (C=O) groups is 1. The molecule has 2 aromatic heterocycles. The third-order valence-electron chi connectivity index (χ3n) is 5.69. The number of carbonyl (C=O) groups excluding carboxylic acids is 1. The quantitative estimate of drug-likeness (QED) is 0.539. The molecule has 0 aliphatic carbocycles. The Bertz CT molecular complexity index is 1400. The highest BCUT2D eigenvalue weighted by atomic mass is 19.4. The van der Waals surface area contributed by atoms with Crippen molar-refractivity contribution in [3.63, 3.8) is 0 Å². The number of alkyl halides is 3. The molecule has 0 saturated carbocycles. The zero-order valence-corrected chi connectivity index (χ0v) is 19.9. The lowest BCUT2D eigenvalue weighted by Crippen LogP contribution is -2.36. The van der Waals surface area contributed by atoms with Crippen LogP contribution in [0, 0.1) is 6.92 Å². The molecule has 0 atom stereocenters. The zero-order chi connectivity index (χ0) is 26.3. The molecule has 0 spiro atoms. The number of rotatable bonds is 6. The van der Waals surface area contributed by atoms with E-state index in [1.54, 1.807) is 33.0 Å². The summed E-state index contributed by atoms with van der Waals surface area (Å²) < 4.78 is 48.4. The number of ether oxygens (including phenoxy) is 1. The van der Waals surface area contributed by atoms with Crippen LogP contribution in [0.4, 0.5) is 13.2 Å². The van der Waals surface area contributed by atoms with E-state index in [9.17, 15) is 27.9 Å². The van der Waals surface area contributed by atoms with Gasteiger partial charge in [-0.3, -0.25) is 14.2 Å². The molecular formula is C25H25F3N4O4. The molecule has 1 amide bonds. The number of nitrogens with one attached hydrogen (secondary N) is 1. The van der Waals surface area contributed by atoms with Gasteiger partial charge < -0.3 is 19.7 Å². The molecule has 36 heavy (non-hydrogen) atoms. The van der Waals surface area contributed by atoms with Crippen LogP contribution >= 0.6 is 0 Å². The molecular weight excluding hydrogens is 477 g/mol. The average molecular weight is 502 g/mol. The van der Waals surface area contributed by atoms with Gasteiger partial charge in [0.1, 0.15) is 22.7 Å². The molecule has 2 N–H and O–H groups in total. The minimum atomic E-state index is -4.54. The number of aryl methyl sites for hydroxylation is 1. The van der Waals surface area contributed by atoms with E-state index in [0.717, 1.165) is 16.7 Å². The number of hydrogen-bond acceptors (Lipinski definition) is 5. The highest BCUT2D eigenvalue weighted by molar-refractivity contribution is 5.94. The second-order valence-electron chi connectivity index (χ2n) is 8.97. The van der Waals surface area contributed by atoms with Crippen molar-refractivity contribution >= 4 is 11.5 Å². The van der Waals surface area contributed by atoms with Crippen LogP contribution < -0.4 is 15.6 Å². The summed E-state index contributed by atoms with van der Waals surface area (Å²) in [7, 11) is 0. The number of imidazole rings is 1. The molecule has 0 radical (unpaired) electrons. The monoisotopic (exact) mass is 502 g/mol. The molecule has 3 aromatic rings. The molecule has 3 heterocycles. The molecule has 1 aliphatic rings. The number of pyridine rings is 1. The zero-order valence-electron chi connectivity index (χ0n) is 19.9. The van der Waals surface area contributed by atoms with Crippen molar-refractivity contribution in [1.29, 1.82) is 0 Å². The Kier molecular flexibility index (Phi) is 6.52. The SMILES string of the molecule is Cc1cn(-c2ccc(C(=O)NCC3=CC(C)(C)Oc4ccc(C(F)(F)F)cc43)n(CCO)c2=O)cn1. The first-order valence-electron chi connectivity index (χ1n) is 11.2. The molecule has 4 rings (SSSR count). The number of aliphatic hydroxyl groups is 1. The fraction of sp³-hybridized carbons (Fsp3) is 0.320. The van der Waals surface area contributed by atoms with E-state index >= 15 is 0 Å². The van der Waals surface area contributed by atoms with Gasteiger partial charge in [-0.2, -0.15) is 13.2 Å². The number of hydrogen-bond donors (Lipinski definition) is 2. The number of aliphatic hydroxyl groups excluding tert-OH is 1. The first kappa shape index (κ1) is 25.2. The summed E-state index contributed by atoms with van der Waals surface area (Å²) in [6.45, 7) is 4.68. The third-order valence-corrected chi connectivity index (χ3v) is 5.69. The fourth-order valence-corrected chi connectivity index (χ4v) is 4.11. The number of nitrogens with zero attached hydrogens (tertiary/aromatic N) is 3. The Morgan fingerprint density at radius 1 is 1.22 bits per heavy atom. The molecule has 190 valence electrons. The van der Waals surface area contributed by atoms with Gasteiger partial charge in [0, 0.05) is 24.8 Å². The minimum absolute atomic E-state index is 0.00539. The molecule has 0 bridgehead atoms. The van der Waals surface area contributed by atoms with Crippen molar-refractivity contribution in [3.05, 3.63) is 81.8 Å². The van der Waals surface area contributed by atoms with Gasteiger partial charge in [-0.05, 0) is 62.8 Å². The molecule has 0 saturated heterocycles. The lowest BCUT2D eigenvalue weighted by Gasteiger charge is -2.31. The van der Waals surface area contributed by atoms with Crippen molar-refractivity contribution in [3.8, 4) is 11.4 Å². The summed E-state index contributed by atoms with van der Waals surface area (Å²) >= 11 is 0. The van der Waals surface area contributed by atoms with Gasteiger partial charge in [-0.15, -0.1) is 0 Å². The van der Waals surface area contributed by atoms with Gasteiger partial charge >= 0.3 is 6.18 Å². The molecule has 1 aliphatic heterocycles. The molecule has 0 fully saturated rings. The van der Waals surface area contributed by atoms with Crippen molar-refractivity contribution < 1.29 is 27.8 Å². The maximum atomic E-state index is 13.3. The van der Waals surface area contributed by atoms with Gasteiger partial charge in [-0.1, -0.05) is 0 Å². The Hall–Kier alpha value is -3.86. The summed E-state index contributed by atoms with van der Waals surface area (Å²) in [6.07, 6.45) is 0.250. The van der Waals surface area contributed by atoms with Crippen LogP contribution in [0.3, 0.4) is 0 Å². The van der Waals surface area contributed by atoms with Crippen molar-refractivity contribution in [2.75, 3.05) is 13.2 Å². The van der Waals surface area contributed by atoms with E-state index < -0.39 is 28.8 Å². The van der Waals surface area contributed by atoms with Crippen molar-refractivity contribution in [2.45, 2.75) is 39.1 Å². The van der Waals surface area contributed by atoms with Crippen LogP contribution in [0.25, 0.3) is 11.3 Å². The van der Waals surface area contributed by atoms with Crippen LogP contribution in [0.15, 0.2) is 53.7 Å². The van der Waals surface area contributed by atoms with E-state index in [0.29, 0.717) is 11.3 Å². The second kappa shape index (κ2) is 9.30. The van der Waals surface area contributed by atoms with E-state index in [4.69, 9.17) is 4.74 Å². The summed E-state index contributed by atoms with van der Waals surface area (Å²) in [5.74, 6) is -0.343. The van der Waals surface area contributed by atoms with Gasteiger partial charge in [-0.25, -0.2) is 4.98 Å². The standard InChI is InChI=1S/C25H25F3N4O4/c1-15-13-31(14-30-15)20-6-5-19(32(8-9-33)23(20)35)22(34)29-12-16-11-24(2,3)36-21-7-4-17(10-18(16)21)25(26,27)28/h4-7,10-11,13-14,33H,8-9,12H2,1-3H3,(H,29,34). The Labute approximate surface area is 204 Å². The third kappa shape index (κ3) is 5.06. The summed E-state index contributed by atoms with van der Waals surface area (Å²) in [4.78, 5) is 30.2. The van der Waals surface area contributed by atoms with Gasteiger partial charge in [0.15, 0.2) is 0 Å². The molecule has 11 heteroatoms. The first-order valence-corrected chi connectivity index (χ1v) is 11.2. The maximum absolute atomic E-state index is 13.3. The first-order chi connectivity index (χ1) is 16.9. The highest BCUT2D eigenvalue weighted by Crippen LogP contribution is 2.39. The summed E-state index contributed by atoms with van der Waals surface area (Å²) in [5.41, 5.74) is -0.508. The lowest BCUT2D eigenvalue weighted by molar-refractivity contribution is -0.137. The fourth-order valence-electron chi connectivity index (χ4n) is 4.11. The van der Waals surface area contributed by atoms with Gasteiger partial charge in [0.05, 0.1) is 24.2 Å². The second-order valence-corrected chi connectivity index (χ2v) is 8.97. The van der Waals surface area contributed by atoms with Crippen LogP contribution in [-0.4, -0.2) is 43.9 Å². The molecule has 0 unspecified atom stereocenters. The molecule has 1 aromatic carbocycles. The number of aromatic nitrogens is 3. The maximum Gasteiger partial charge on any atom is 0.416 e. The predicted octanol–water partition coefficient (Wildman–Crippen LogP) is 3.34. The number of halogens is 3. The Balaban J connectivity index is 1.64. The predicted molar refractivity (Wildman–Crippen MR) is 126 cm³/mol. The van der Waals surface area contributed by atoms with Gasteiger partial charge in [0.2, 0.25) is 0 Å². The van der Waals surface area contributed by atoms with E-state index in [2.05, 4.69) is 10.3 Å². The van der Waals surface area contributed by atoms with Gasteiger partial charge in [0.25, 0.3) is 11.5 Å². The normalized spacial score (nSPS) is 14.6. The largest absolute Gasteiger partial charge is 0.483 e. The van der Waals surface area contributed by atoms with Crippen LogP contribution in [0.5, 0.6) is 5.75 Å². The Morgan fingerprint density at radius 3 is 2.61 bits per heavy atom. The van der Waals surface area contributed by atoms with Crippen LogP contribution in [0.2, 0.25) is 0 Å².